The van der Waals surface area contributed by atoms with Crippen molar-refractivity contribution in [2.75, 3.05) is 56.0 Å². The van der Waals surface area contributed by atoms with Gasteiger partial charge in [-0.2, -0.15) is 0 Å². The van der Waals surface area contributed by atoms with Gasteiger partial charge in [0.25, 0.3) is 0 Å². The van der Waals surface area contributed by atoms with Crippen LogP contribution in [0.2, 0.25) is 0 Å². The van der Waals surface area contributed by atoms with E-state index in [0.29, 0.717) is 5.92 Å². The molecule has 4 rings (SSSR count). The first kappa shape index (κ1) is 21.8. The first-order valence-corrected chi connectivity index (χ1v) is 11.6. The molecule has 1 N–H and O–H groups in total. The van der Waals surface area contributed by atoms with Crippen LogP contribution in [0.4, 0.5) is 11.5 Å². The summed E-state index contributed by atoms with van der Waals surface area (Å²) in [6.07, 6.45) is 4.29. The van der Waals surface area contributed by atoms with Gasteiger partial charge in [0.2, 0.25) is 5.91 Å². The Hall–Kier alpha value is -2.44. The fourth-order valence-electron chi connectivity index (χ4n) is 4.80. The molecule has 1 aromatic heterocycles. The van der Waals surface area contributed by atoms with Gasteiger partial charge in [0, 0.05) is 51.2 Å². The number of aromatic nitrogens is 1. The van der Waals surface area contributed by atoms with Gasteiger partial charge in [-0.15, -0.1) is 0 Å². The van der Waals surface area contributed by atoms with E-state index in [2.05, 4.69) is 37.1 Å². The van der Waals surface area contributed by atoms with E-state index in [4.69, 9.17) is 0 Å². The van der Waals surface area contributed by atoms with Crippen LogP contribution in [-0.4, -0.2) is 72.5 Å². The van der Waals surface area contributed by atoms with Crippen LogP contribution < -0.4 is 10.2 Å². The van der Waals surface area contributed by atoms with Crippen molar-refractivity contribution in [2.45, 2.75) is 32.7 Å². The summed E-state index contributed by atoms with van der Waals surface area (Å²) >= 11 is 0. The standard InChI is InChI=1S/C25H35N5O/c1-20-7-5-9-23(17-20)27-25(31)21(2)30-12-6-8-22(19-30)18-28-13-15-29(16-14-28)24-10-3-4-11-26-24/h3-5,7,9-11,17,21-22H,6,8,12-16,18-19H2,1-2H3,(H,27,31). The van der Waals surface area contributed by atoms with Crippen molar-refractivity contribution in [3.63, 3.8) is 0 Å². The third-order valence-electron chi connectivity index (χ3n) is 6.63. The number of pyridine rings is 1. The molecule has 0 bridgehead atoms. The molecular formula is C25H35N5O. The SMILES string of the molecule is Cc1cccc(NC(=O)C(C)N2CCCC(CN3CCN(c4ccccn4)CC3)C2)c1. The Kier molecular flexibility index (Phi) is 7.20. The average molecular weight is 422 g/mol. The van der Waals surface area contributed by atoms with Gasteiger partial charge in [0.1, 0.15) is 5.82 Å². The largest absolute Gasteiger partial charge is 0.354 e. The maximum Gasteiger partial charge on any atom is 0.241 e. The van der Waals surface area contributed by atoms with Crippen LogP contribution in [0.1, 0.15) is 25.3 Å². The van der Waals surface area contributed by atoms with Gasteiger partial charge < -0.3 is 10.2 Å². The molecule has 2 fully saturated rings. The minimum atomic E-state index is -0.107. The zero-order valence-corrected chi connectivity index (χ0v) is 18.8. The van der Waals surface area contributed by atoms with Crippen molar-refractivity contribution < 1.29 is 4.79 Å². The van der Waals surface area contributed by atoms with E-state index in [0.717, 1.165) is 62.9 Å². The summed E-state index contributed by atoms with van der Waals surface area (Å²) in [5, 5.41) is 3.09. The molecule has 2 atom stereocenters. The second-order valence-corrected chi connectivity index (χ2v) is 9.01. The molecule has 0 saturated carbocycles. The number of benzene rings is 1. The second kappa shape index (κ2) is 10.2. The summed E-state index contributed by atoms with van der Waals surface area (Å²) in [4.78, 5) is 24.6. The molecule has 6 nitrogen and oxygen atoms in total. The van der Waals surface area contributed by atoms with Crippen molar-refractivity contribution in [1.29, 1.82) is 0 Å². The van der Waals surface area contributed by atoms with Gasteiger partial charge >= 0.3 is 0 Å². The number of amides is 1. The molecule has 31 heavy (non-hydrogen) atoms. The fourth-order valence-corrected chi connectivity index (χ4v) is 4.80. The normalized spacial score (nSPS) is 21.6. The second-order valence-electron chi connectivity index (χ2n) is 9.01. The lowest BCUT2D eigenvalue weighted by Crippen LogP contribution is -2.52. The number of carbonyl (C=O) groups is 1. The molecule has 2 aliphatic rings. The topological polar surface area (TPSA) is 51.7 Å². The lowest BCUT2D eigenvalue weighted by atomic mass is 9.95. The molecule has 0 radical (unpaired) electrons. The number of hydrogen-bond acceptors (Lipinski definition) is 5. The molecule has 3 heterocycles. The van der Waals surface area contributed by atoms with Crippen LogP contribution in [0, 0.1) is 12.8 Å². The molecule has 0 aliphatic carbocycles. The van der Waals surface area contributed by atoms with Crippen molar-refractivity contribution in [2.24, 2.45) is 5.92 Å². The predicted octanol–water partition coefficient (Wildman–Crippen LogP) is 3.25. The third-order valence-corrected chi connectivity index (χ3v) is 6.63. The molecule has 2 saturated heterocycles. The summed E-state index contributed by atoms with van der Waals surface area (Å²) < 4.78 is 0. The number of carbonyl (C=O) groups excluding carboxylic acids is 1. The highest BCUT2D eigenvalue weighted by atomic mass is 16.2. The van der Waals surface area contributed by atoms with Gasteiger partial charge in [-0.1, -0.05) is 18.2 Å². The van der Waals surface area contributed by atoms with Crippen molar-refractivity contribution in [3.05, 3.63) is 54.2 Å². The molecule has 1 aromatic carbocycles. The summed E-state index contributed by atoms with van der Waals surface area (Å²) in [5.74, 6) is 1.80. The van der Waals surface area contributed by atoms with Gasteiger partial charge in [0.15, 0.2) is 0 Å². The molecule has 2 unspecified atom stereocenters. The molecular weight excluding hydrogens is 386 g/mol. The zero-order chi connectivity index (χ0) is 21.6. The van der Waals surface area contributed by atoms with Crippen LogP contribution in [0.15, 0.2) is 48.7 Å². The highest BCUT2D eigenvalue weighted by Gasteiger charge is 2.29. The number of piperidine rings is 1. The lowest BCUT2D eigenvalue weighted by Gasteiger charge is -2.40. The minimum Gasteiger partial charge on any atom is -0.354 e. The van der Waals surface area contributed by atoms with Gasteiger partial charge in [0.05, 0.1) is 6.04 Å². The van der Waals surface area contributed by atoms with Crippen LogP contribution >= 0.6 is 0 Å². The van der Waals surface area contributed by atoms with E-state index in [1.165, 1.54) is 12.8 Å². The minimum absolute atomic E-state index is 0.0928. The first-order valence-electron chi connectivity index (χ1n) is 11.6. The summed E-state index contributed by atoms with van der Waals surface area (Å²) in [5.41, 5.74) is 2.04. The van der Waals surface area contributed by atoms with E-state index in [-0.39, 0.29) is 11.9 Å². The summed E-state index contributed by atoms with van der Waals surface area (Å²) in [6, 6.07) is 14.0. The number of hydrogen-bond donors (Lipinski definition) is 1. The molecule has 2 aliphatic heterocycles. The number of likely N-dealkylation sites (tertiary alicyclic amines) is 1. The van der Waals surface area contributed by atoms with E-state index in [1.807, 2.05) is 50.4 Å². The number of rotatable bonds is 6. The van der Waals surface area contributed by atoms with E-state index in [9.17, 15) is 4.79 Å². The Morgan fingerprint density at radius 3 is 2.71 bits per heavy atom. The monoisotopic (exact) mass is 421 g/mol. The maximum absolute atomic E-state index is 12.8. The first-order chi connectivity index (χ1) is 15.1. The quantitative estimate of drug-likeness (QED) is 0.776. The van der Waals surface area contributed by atoms with Gasteiger partial charge in [-0.05, 0) is 69.0 Å². The van der Waals surface area contributed by atoms with Crippen LogP contribution in [0.25, 0.3) is 0 Å². The zero-order valence-electron chi connectivity index (χ0n) is 18.8. The van der Waals surface area contributed by atoms with E-state index in [1.54, 1.807) is 0 Å². The Morgan fingerprint density at radius 2 is 1.97 bits per heavy atom. The van der Waals surface area contributed by atoms with Gasteiger partial charge in [-0.25, -0.2) is 4.98 Å². The third kappa shape index (κ3) is 5.83. The summed E-state index contributed by atoms with van der Waals surface area (Å²) in [7, 11) is 0. The highest BCUT2D eigenvalue weighted by molar-refractivity contribution is 5.94. The number of piperazine rings is 1. The van der Waals surface area contributed by atoms with Crippen molar-refractivity contribution in [1.82, 2.24) is 14.8 Å². The number of aryl methyl sites for hydroxylation is 1. The lowest BCUT2D eigenvalue weighted by molar-refractivity contribution is -0.121. The van der Waals surface area contributed by atoms with Crippen LogP contribution in [-0.2, 0) is 4.79 Å². The van der Waals surface area contributed by atoms with Crippen molar-refractivity contribution >= 4 is 17.4 Å². The van der Waals surface area contributed by atoms with Crippen molar-refractivity contribution in [3.8, 4) is 0 Å². The molecule has 1 amide bonds. The Labute approximate surface area is 186 Å². The number of nitrogens with zero attached hydrogens (tertiary/aromatic N) is 4. The maximum atomic E-state index is 12.8. The Balaban J connectivity index is 1.25. The average Bonchev–Trinajstić information content (AvgIpc) is 2.80. The van der Waals surface area contributed by atoms with E-state index < -0.39 is 0 Å². The number of anilines is 2. The summed E-state index contributed by atoms with van der Waals surface area (Å²) in [6.45, 7) is 11.4. The fraction of sp³-hybridized carbons (Fsp3) is 0.520. The predicted molar refractivity (Wildman–Crippen MR) is 126 cm³/mol. The van der Waals surface area contributed by atoms with Crippen LogP contribution in [0.5, 0.6) is 0 Å². The molecule has 6 heteroatoms. The molecule has 166 valence electrons. The Bertz CT molecular complexity index is 850. The van der Waals surface area contributed by atoms with Gasteiger partial charge in [-0.3, -0.25) is 14.6 Å². The van der Waals surface area contributed by atoms with E-state index >= 15 is 0 Å². The highest BCUT2D eigenvalue weighted by Crippen LogP contribution is 2.22. The van der Waals surface area contributed by atoms with Crippen LogP contribution in [0.3, 0.4) is 0 Å². The Morgan fingerprint density at radius 1 is 1.13 bits per heavy atom. The molecule has 0 spiro atoms. The molecule has 2 aromatic rings. The smallest absolute Gasteiger partial charge is 0.241 e. The number of nitrogens with one attached hydrogen (secondary N) is 1.